The number of anilines is 1. The maximum absolute atomic E-state index is 13.2. The zero-order valence-electron chi connectivity index (χ0n) is 18.3. The number of piperazine rings is 1. The molecule has 3 heterocycles. The molecule has 2 aromatic carbocycles. The summed E-state index contributed by atoms with van der Waals surface area (Å²) in [5.74, 6) is 0.819. The normalized spacial score (nSPS) is 13.9. The largest absolute Gasteiger partial charge is 0.353 e. The predicted octanol–water partition coefficient (Wildman–Crippen LogP) is 2.75. The predicted molar refractivity (Wildman–Crippen MR) is 132 cm³/mol. The summed E-state index contributed by atoms with van der Waals surface area (Å²) in [6.07, 6.45) is 1.76. The van der Waals surface area contributed by atoms with Crippen LogP contribution in [0, 0.1) is 0 Å². The molecule has 9 heteroatoms. The van der Waals surface area contributed by atoms with Gasteiger partial charge in [-0.25, -0.2) is 9.78 Å². The van der Waals surface area contributed by atoms with Crippen molar-refractivity contribution in [3.05, 3.63) is 104 Å². The number of H-pyrrole nitrogens is 1. The van der Waals surface area contributed by atoms with Gasteiger partial charge in [0.15, 0.2) is 0 Å². The van der Waals surface area contributed by atoms with Crippen LogP contribution in [0.1, 0.15) is 15.9 Å². The van der Waals surface area contributed by atoms with E-state index in [0.717, 1.165) is 5.82 Å². The fourth-order valence-electron chi connectivity index (χ4n) is 4.26. The standard InChI is InChI=1S/C25H22ClN5O3/c26-20-9-8-17(24(33)30-13-11-29(12-14-30)22-7-3-4-10-27-22)15-18(20)16-31-21-6-2-1-5-19(21)23(32)28-25(31)34/h1-10,15H,11-14,16H2,(H,28,32,34). The summed E-state index contributed by atoms with van der Waals surface area (Å²) in [6.45, 7) is 2.68. The third-order valence-electron chi connectivity index (χ3n) is 6.07. The minimum absolute atomic E-state index is 0.0859. The Kier molecular flexibility index (Phi) is 5.90. The molecule has 172 valence electrons. The van der Waals surface area contributed by atoms with Crippen molar-refractivity contribution in [3.8, 4) is 0 Å². The molecule has 0 aliphatic carbocycles. The van der Waals surface area contributed by atoms with Crippen molar-refractivity contribution in [2.45, 2.75) is 6.54 Å². The molecule has 1 aliphatic heterocycles. The molecule has 1 aliphatic rings. The van der Waals surface area contributed by atoms with Gasteiger partial charge in [-0.1, -0.05) is 29.8 Å². The smallest absolute Gasteiger partial charge is 0.329 e. The molecule has 4 aromatic rings. The molecule has 5 rings (SSSR count). The van der Waals surface area contributed by atoms with E-state index < -0.39 is 11.2 Å². The van der Waals surface area contributed by atoms with E-state index in [1.165, 1.54) is 4.57 Å². The third kappa shape index (κ3) is 4.20. The molecule has 0 saturated carbocycles. The lowest BCUT2D eigenvalue weighted by molar-refractivity contribution is 0.0746. The number of aromatic amines is 1. The fourth-order valence-corrected chi connectivity index (χ4v) is 4.44. The number of carbonyl (C=O) groups is 1. The van der Waals surface area contributed by atoms with E-state index in [0.29, 0.717) is 53.2 Å². The lowest BCUT2D eigenvalue weighted by atomic mass is 10.1. The average molecular weight is 476 g/mol. The summed E-state index contributed by atoms with van der Waals surface area (Å²) >= 11 is 6.43. The number of para-hydroxylation sites is 1. The first-order valence-electron chi connectivity index (χ1n) is 11.0. The molecule has 1 amide bonds. The monoisotopic (exact) mass is 475 g/mol. The highest BCUT2D eigenvalue weighted by Gasteiger charge is 2.23. The van der Waals surface area contributed by atoms with Gasteiger partial charge >= 0.3 is 5.69 Å². The number of halogens is 1. The molecule has 2 aromatic heterocycles. The van der Waals surface area contributed by atoms with Crippen molar-refractivity contribution < 1.29 is 4.79 Å². The number of hydrogen-bond donors (Lipinski definition) is 1. The van der Waals surface area contributed by atoms with Crippen LogP contribution in [0.2, 0.25) is 5.02 Å². The van der Waals surface area contributed by atoms with E-state index in [1.807, 2.05) is 23.1 Å². The number of rotatable bonds is 4. The number of fused-ring (bicyclic) bond motifs is 1. The lowest BCUT2D eigenvalue weighted by Crippen LogP contribution is -2.49. The van der Waals surface area contributed by atoms with Gasteiger partial charge in [0.1, 0.15) is 5.82 Å². The Morgan fingerprint density at radius 2 is 1.74 bits per heavy atom. The summed E-state index contributed by atoms with van der Waals surface area (Å²) in [4.78, 5) is 48.6. The Labute approximate surface area is 200 Å². The molecular weight excluding hydrogens is 454 g/mol. The van der Waals surface area contributed by atoms with Crippen molar-refractivity contribution in [1.82, 2.24) is 19.4 Å². The number of carbonyl (C=O) groups excluding carboxylic acids is 1. The first kappa shape index (κ1) is 21.9. The quantitative estimate of drug-likeness (QED) is 0.490. The van der Waals surface area contributed by atoms with Crippen LogP contribution in [0.25, 0.3) is 10.9 Å². The second-order valence-corrected chi connectivity index (χ2v) is 8.54. The van der Waals surface area contributed by atoms with Crippen LogP contribution in [0.4, 0.5) is 5.82 Å². The summed E-state index contributed by atoms with van der Waals surface area (Å²) in [7, 11) is 0. The number of hydrogen-bond acceptors (Lipinski definition) is 5. The summed E-state index contributed by atoms with van der Waals surface area (Å²) < 4.78 is 1.46. The van der Waals surface area contributed by atoms with Crippen molar-refractivity contribution in [2.24, 2.45) is 0 Å². The zero-order chi connectivity index (χ0) is 23.7. The maximum atomic E-state index is 13.2. The number of pyridine rings is 1. The van der Waals surface area contributed by atoms with E-state index in [2.05, 4.69) is 14.9 Å². The molecule has 0 unspecified atom stereocenters. The maximum Gasteiger partial charge on any atom is 0.329 e. The van der Waals surface area contributed by atoms with Gasteiger partial charge in [0.05, 0.1) is 17.4 Å². The molecule has 1 fully saturated rings. The summed E-state index contributed by atoms with van der Waals surface area (Å²) in [5.41, 5.74) is 0.681. The molecule has 34 heavy (non-hydrogen) atoms. The number of aromatic nitrogens is 3. The van der Waals surface area contributed by atoms with Gasteiger partial charge in [-0.15, -0.1) is 0 Å². The molecule has 0 atom stereocenters. The highest BCUT2D eigenvalue weighted by molar-refractivity contribution is 6.31. The Hall–Kier alpha value is -3.91. The Morgan fingerprint density at radius 3 is 2.50 bits per heavy atom. The van der Waals surface area contributed by atoms with Gasteiger partial charge in [-0.05, 0) is 48.0 Å². The Balaban J connectivity index is 1.38. The highest BCUT2D eigenvalue weighted by Crippen LogP contribution is 2.22. The van der Waals surface area contributed by atoms with Crippen LogP contribution in [-0.2, 0) is 6.54 Å². The van der Waals surface area contributed by atoms with Crippen LogP contribution in [-0.4, -0.2) is 51.5 Å². The van der Waals surface area contributed by atoms with Gasteiger partial charge in [-0.2, -0.15) is 0 Å². The molecule has 8 nitrogen and oxygen atoms in total. The van der Waals surface area contributed by atoms with Crippen molar-refractivity contribution in [3.63, 3.8) is 0 Å². The van der Waals surface area contributed by atoms with E-state index in [1.54, 1.807) is 48.7 Å². The van der Waals surface area contributed by atoms with E-state index in [9.17, 15) is 14.4 Å². The van der Waals surface area contributed by atoms with Crippen molar-refractivity contribution >= 4 is 34.2 Å². The molecule has 1 N–H and O–H groups in total. The van der Waals surface area contributed by atoms with Crippen molar-refractivity contribution in [2.75, 3.05) is 31.1 Å². The number of benzene rings is 2. The summed E-state index contributed by atoms with van der Waals surface area (Å²) in [5, 5.41) is 0.856. The summed E-state index contributed by atoms with van der Waals surface area (Å²) in [6, 6.07) is 17.8. The Morgan fingerprint density at radius 1 is 0.971 bits per heavy atom. The topological polar surface area (TPSA) is 91.3 Å². The van der Waals surface area contributed by atoms with Crippen LogP contribution in [0.15, 0.2) is 76.4 Å². The first-order valence-corrected chi connectivity index (χ1v) is 11.3. The first-order chi connectivity index (χ1) is 16.5. The van der Waals surface area contributed by atoms with Gasteiger partial charge in [0, 0.05) is 43.0 Å². The zero-order valence-corrected chi connectivity index (χ0v) is 19.0. The number of nitrogens with one attached hydrogen (secondary N) is 1. The minimum Gasteiger partial charge on any atom is -0.353 e. The number of amides is 1. The van der Waals surface area contributed by atoms with Crippen LogP contribution in [0.5, 0.6) is 0 Å². The van der Waals surface area contributed by atoms with Gasteiger partial charge < -0.3 is 9.80 Å². The van der Waals surface area contributed by atoms with Crippen LogP contribution < -0.4 is 16.1 Å². The Bertz CT molecular complexity index is 1470. The van der Waals surface area contributed by atoms with E-state index in [-0.39, 0.29) is 12.5 Å². The third-order valence-corrected chi connectivity index (χ3v) is 6.44. The molecule has 0 bridgehead atoms. The van der Waals surface area contributed by atoms with Crippen LogP contribution >= 0.6 is 11.6 Å². The van der Waals surface area contributed by atoms with E-state index >= 15 is 0 Å². The molecular formula is C25H22ClN5O3. The fraction of sp³-hybridized carbons (Fsp3) is 0.200. The molecule has 1 saturated heterocycles. The van der Waals surface area contributed by atoms with Crippen molar-refractivity contribution in [1.29, 1.82) is 0 Å². The van der Waals surface area contributed by atoms with Gasteiger partial charge in [0.2, 0.25) is 0 Å². The minimum atomic E-state index is -0.526. The molecule has 0 radical (unpaired) electrons. The SMILES string of the molecule is O=C(c1ccc(Cl)c(Cn2c(=O)[nH]c(=O)c3ccccc32)c1)N1CCN(c2ccccn2)CC1. The number of nitrogens with zero attached hydrogens (tertiary/aromatic N) is 4. The second kappa shape index (κ2) is 9.15. The average Bonchev–Trinajstić information content (AvgIpc) is 2.88. The van der Waals surface area contributed by atoms with Gasteiger partial charge in [0.25, 0.3) is 11.5 Å². The molecule has 0 spiro atoms. The second-order valence-electron chi connectivity index (χ2n) is 8.14. The van der Waals surface area contributed by atoms with Crippen LogP contribution in [0.3, 0.4) is 0 Å². The highest BCUT2D eigenvalue weighted by atomic mass is 35.5. The lowest BCUT2D eigenvalue weighted by Gasteiger charge is -2.35. The van der Waals surface area contributed by atoms with E-state index in [4.69, 9.17) is 11.6 Å². The van der Waals surface area contributed by atoms with Gasteiger partial charge in [-0.3, -0.25) is 19.1 Å².